The van der Waals surface area contributed by atoms with Crippen LogP contribution in [0.25, 0.3) is 22.0 Å². The summed E-state index contributed by atoms with van der Waals surface area (Å²) in [5.41, 5.74) is 2.71. The molecule has 0 aliphatic carbocycles. The summed E-state index contributed by atoms with van der Waals surface area (Å²) in [6.07, 6.45) is 5.74. The Balaban J connectivity index is 2.20. The first-order chi connectivity index (χ1) is 11.4. The number of nitrogens with one attached hydrogen (secondary N) is 2. The van der Waals surface area contributed by atoms with E-state index in [1.807, 2.05) is 25.5 Å². The average molecular weight is 323 g/mol. The van der Waals surface area contributed by atoms with Gasteiger partial charge in [-0.05, 0) is 32.8 Å². The fourth-order valence-corrected chi connectivity index (χ4v) is 2.63. The third-order valence-electron chi connectivity index (χ3n) is 3.78. The number of aromatic nitrogens is 4. The van der Waals surface area contributed by atoms with Crippen LogP contribution < -0.4 is 5.32 Å². The smallest absolute Gasteiger partial charge is 0.129 e. The Morgan fingerprint density at radius 1 is 1.33 bits per heavy atom. The van der Waals surface area contributed by atoms with Crippen LogP contribution in [0.3, 0.4) is 0 Å². The van der Waals surface area contributed by atoms with E-state index < -0.39 is 5.60 Å². The van der Waals surface area contributed by atoms with Crippen molar-refractivity contribution in [3.05, 3.63) is 30.4 Å². The molecule has 3 aromatic heterocycles. The van der Waals surface area contributed by atoms with Crippen LogP contribution >= 0.6 is 0 Å². The highest BCUT2D eigenvalue weighted by atomic mass is 16.3. The minimum atomic E-state index is -1.04. The van der Waals surface area contributed by atoms with Crippen molar-refractivity contribution in [2.24, 2.45) is 0 Å². The molecule has 0 saturated carbocycles. The molecule has 0 spiro atoms. The van der Waals surface area contributed by atoms with E-state index in [0.29, 0.717) is 5.69 Å². The average Bonchev–Trinajstić information content (AvgIpc) is 3.15. The molecule has 124 valence electrons. The first kappa shape index (κ1) is 16.1. The molecule has 0 amide bonds. The van der Waals surface area contributed by atoms with Crippen LogP contribution in [-0.4, -0.2) is 37.5 Å². The van der Waals surface area contributed by atoms with Crippen molar-refractivity contribution in [1.82, 2.24) is 19.7 Å². The minimum absolute atomic E-state index is 0.634. The number of anilines is 1. The van der Waals surface area contributed by atoms with Crippen LogP contribution in [0.1, 0.15) is 26.5 Å². The Morgan fingerprint density at radius 3 is 2.79 bits per heavy atom. The monoisotopic (exact) mass is 323 g/mol. The molecule has 0 fully saturated rings. The first-order valence-corrected chi connectivity index (χ1v) is 7.89. The second-order valence-corrected chi connectivity index (χ2v) is 6.13. The summed E-state index contributed by atoms with van der Waals surface area (Å²) < 4.78 is 2.15. The molecule has 0 bridgehead atoms. The van der Waals surface area contributed by atoms with Gasteiger partial charge in [0.1, 0.15) is 17.1 Å². The molecular weight excluding hydrogens is 302 g/mol. The Bertz CT molecular complexity index is 934. The fraction of sp³-hybridized carbons (Fsp3) is 0.333. The van der Waals surface area contributed by atoms with E-state index in [-0.39, 0.29) is 0 Å². The molecule has 6 nitrogen and oxygen atoms in total. The Labute approximate surface area is 140 Å². The number of H-pyrrole nitrogens is 1. The fourth-order valence-electron chi connectivity index (χ4n) is 2.63. The predicted octanol–water partition coefficient (Wildman–Crippen LogP) is 2.61. The van der Waals surface area contributed by atoms with Crippen molar-refractivity contribution in [2.75, 3.05) is 12.4 Å². The van der Waals surface area contributed by atoms with E-state index in [9.17, 15) is 5.11 Å². The number of aromatic amines is 1. The predicted molar refractivity (Wildman–Crippen MR) is 95.7 cm³/mol. The second kappa shape index (κ2) is 6.02. The summed E-state index contributed by atoms with van der Waals surface area (Å²) in [7, 11) is 1.86. The normalized spacial score (nSPS) is 11.4. The molecule has 3 rings (SSSR count). The first-order valence-electron chi connectivity index (χ1n) is 7.89. The Kier molecular flexibility index (Phi) is 4.04. The Morgan fingerprint density at radius 2 is 2.12 bits per heavy atom. The summed E-state index contributed by atoms with van der Waals surface area (Å²) in [4.78, 5) is 4.41. The Hall–Kier alpha value is -2.78. The van der Waals surface area contributed by atoms with E-state index in [1.165, 1.54) is 0 Å². The van der Waals surface area contributed by atoms with E-state index in [4.69, 9.17) is 0 Å². The molecule has 0 atom stereocenters. The lowest BCUT2D eigenvalue weighted by molar-refractivity contribution is 0.143. The number of aliphatic hydroxyl groups is 1. The molecule has 24 heavy (non-hydrogen) atoms. The SMILES string of the molecule is CCn1cc(-c2cn[nH]c2NC)c2cc(C#CC(C)(C)O)ncc21. The number of rotatable bonds is 3. The number of fused-ring (bicyclic) bond motifs is 1. The van der Waals surface area contributed by atoms with Gasteiger partial charge in [-0.15, -0.1) is 0 Å². The van der Waals surface area contributed by atoms with Crippen LogP contribution in [0.4, 0.5) is 5.82 Å². The van der Waals surface area contributed by atoms with Crippen molar-refractivity contribution < 1.29 is 5.11 Å². The summed E-state index contributed by atoms with van der Waals surface area (Å²) >= 11 is 0. The zero-order valence-electron chi connectivity index (χ0n) is 14.3. The van der Waals surface area contributed by atoms with Crippen LogP contribution in [0.5, 0.6) is 0 Å². The van der Waals surface area contributed by atoms with Crippen molar-refractivity contribution >= 4 is 16.7 Å². The lowest BCUT2D eigenvalue weighted by atomic mass is 10.1. The number of hydrogen-bond donors (Lipinski definition) is 3. The van der Waals surface area contributed by atoms with Crippen molar-refractivity contribution in [1.29, 1.82) is 0 Å². The molecular formula is C18H21N5O. The van der Waals surface area contributed by atoms with E-state index in [1.54, 1.807) is 13.8 Å². The van der Waals surface area contributed by atoms with Gasteiger partial charge in [-0.25, -0.2) is 4.98 Å². The standard InChI is InChI=1S/C18H21N5O/c1-5-23-11-15(14-9-21-22-17(14)19-4)13-8-12(20-10-16(13)23)6-7-18(2,3)24/h8-11,24H,5H2,1-4H3,(H2,19,21,22). The third-order valence-corrected chi connectivity index (χ3v) is 3.78. The summed E-state index contributed by atoms with van der Waals surface area (Å²) in [5, 5.41) is 21.1. The lowest BCUT2D eigenvalue weighted by Crippen LogP contribution is -2.14. The van der Waals surface area contributed by atoms with Gasteiger partial charge in [0.25, 0.3) is 0 Å². The zero-order valence-corrected chi connectivity index (χ0v) is 14.3. The molecule has 0 radical (unpaired) electrons. The third kappa shape index (κ3) is 2.99. The molecule has 0 aliphatic rings. The molecule has 6 heteroatoms. The number of nitrogens with zero attached hydrogens (tertiary/aromatic N) is 3. The van der Waals surface area contributed by atoms with Crippen molar-refractivity contribution in [2.45, 2.75) is 32.9 Å². The van der Waals surface area contributed by atoms with Crippen LogP contribution in [0, 0.1) is 11.8 Å². The van der Waals surface area contributed by atoms with Gasteiger partial charge in [-0.2, -0.15) is 5.10 Å². The quantitative estimate of drug-likeness (QED) is 0.647. The van der Waals surface area contributed by atoms with E-state index in [2.05, 4.69) is 50.0 Å². The lowest BCUT2D eigenvalue weighted by Gasteiger charge is -2.06. The number of hydrogen-bond acceptors (Lipinski definition) is 4. The highest BCUT2D eigenvalue weighted by Gasteiger charge is 2.15. The highest BCUT2D eigenvalue weighted by Crippen LogP contribution is 2.34. The minimum Gasteiger partial charge on any atom is -0.378 e. The molecule has 0 unspecified atom stereocenters. The second-order valence-electron chi connectivity index (χ2n) is 6.13. The van der Waals surface area contributed by atoms with E-state index in [0.717, 1.165) is 34.4 Å². The maximum absolute atomic E-state index is 9.78. The number of pyridine rings is 1. The summed E-state index contributed by atoms with van der Waals surface area (Å²) in [5.74, 6) is 6.62. The maximum atomic E-state index is 9.78. The molecule has 0 saturated heterocycles. The van der Waals surface area contributed by atoms with Crippen LogP contribution in [0.15, 0.2) is 24.7 Å². The van der Waals surface area contributed by atoms with Crippen molar-refractivity contribution in [3.63, 3.8) is 0 Å². The summed E-state index contributed by atoms with van der Waals surface area (Å²) in [6, 6.07) is 1.96. The van der Waals surface area contributed by atoms with Gasteiger partial charge in [0.2, 0.25) is 0 Å². The topological polar surface area (TPSA) is 78.8 Å². The van der Waals surface area contributed by atoms with Gasteiger partial charge in [0.15, 0.2) is 0 Å². The van der Waals surface area contributed by atoms with Gasteiger partial charge in [-0.1, -0.05) is 5.92 Å². The maximum Gasteiger partial charge on any atom is 0.129 e. The summed E-state index contributed by atoms with van der Waals surface area (Å²) in [6.45, 7) is 6.25. The molecule has 3 aromatic rings. The highest BCUT2D eigenvalue weighted by molar-refractivity contribution is 5.98. The van der Waals surface area contributed by atoms with Crippen LogP contribution in [0.2, 0.25) is 0 Å². The molecule has 0 aliphatic heterocycles. The van der Waals surface area contributed by atoms with Crippen LogP contribution in [-0.2, 0) is 6.54 Å². The van der Waals surface area contributed by atoms with Gasteiger partial charge < -0.3 is 15.0 Å². The largest absolute Gasteiger partial charge is 0.378 e. The van der Waals surface area contributed by atoms with Gasteiger partial charge in [0.05, 0.1) is 17.9 Å². The van der Waals surface area contributed by atoms with Gasteiger partial charge in [-0.3, -0.25) is 5.10 Å². The zero-order chi connectivity index (χ0) is 17.3. The van der Waals surface area contributed by atoms with Crippen molar-refractivity contribution in [3.8, 4) is 23.0 Å². The van der Waals surface area contributed by atoms with Gasteiger partial charge in [0, 0.05) is 36.3 Å². The van der Waals surface area contributed by atoms with E-state index >= 15 is 0 Å². The number of aryl methyl sites for hydroxylation is 1. The molecule has 0 aromatic carbocycles. The van der Waals surface area contributed by atoms with Gasteiger partial charge >= 0.3 is 0 Å². The molecule has 3 heterocycles. The molecule has 3 N–H and O–H groups in total.